The van der Waals surface area contributed by atoms with Crippen molar-refractivity contribution >= 4 is 21.6 Å². The van der Waals surface area contributed by atoms with Crippen LogP contribution in [0, 0.1) is 5.92 Å². The summed E-state index contributed by atoms with van der Waals surface area (Å²) in [7, 11) is -3.55. The molecule has 7 heteroatoms. The topological polar surface area (TPSA) is 84.5 Å². The number of hydrogen-bond donors (Lipinski definition) is 2. The van der Waals surface area contributed by atoms with Gasteiger partial charge in [0.1, 0.15) is 5.75 Å². The van der Waals surface area contributed by atoms with Gasteiger partial charge in [0.05, 0.1) is 11.5 Å². The first-order valence-electron chi connectivity index (χ1n) is 8.84. The first-order chi connectivity index (χ1) is 12.7. The molecule has 1 amide bonds. The maximum Gasteiger partial charge on any atom is 0.255 e. The number of rotatable bonds is 8. The number of carbonyl (C=O) groups is 1. The van der Waals surface area contributed by atoms with Crippen molar-refractivity contribution in [3.8, 4) is 5.75 Å². The standard InChI is InChI=1S/C20H26N2O4S/c1-14(2)13-26-18-9-5-16(6-10-18)20(23)21-17-7-11-19(12-8-17)27(24,25)22-15(3)4/h5-12,14-15,22H,13H2,1-4H3,(H,21,23). The molecule has 0 bridgehead atoms. The van der Waals surface area contributed by atoms with Crippen LogP contribution in [0.2, 0.25) is 0 Å². The van der Waals surface area contributed by atoms with Crippen LogP contribution in [0.5, 0.6) is 5.75 Å². The Labute approximate surface area is 161 Å². The zero-order chi connectivity index (χ0) is 20.0. The van der Waals surface area contributed by atoms with Gasteiger partial charge in [-0.25, -0.2) is 13.1 Å². The number of amides is 1. The predicted molar refractivity (Wildman–Crippen MR) is 107 cm³/mol. The Hall–Kier alpha value is -2.38. The number of benzene rings is 2. The van der Waals surface area contributed by atoms with E-state index in [-0.39, 0.29) is 16.8 Å². The molecule has 0 fully saturated rings. The average molecular weight is 391 g/mol. The van der Waals surface area contributed by atoms with Crippen molar-refractivity contribution in [2.75, 3.05) is 11.9 Å². The van der Waals surface area contributed by atoms with Gasteiger partial charge >= 0.3 is 0 Å². The molecule has 2 rings (SSSR count). The Morgan fingerprint density at radius 3 is 2.07 bits per heavy atom. The average Bonchev–Trinajstić information content (AvgIpc) is 2.59. The molecule has 6 nitrogen and oxygen atoms in total. The monoisotopic (exact) mass is 390 g/mol. The van der Waals surface area contributed by atoms with E-state index in [0.29, 0.717) is 29.5 Å². The van der Waals surface area contributed by atoms with E-state index in [2.05, 4.69) is 23.9 Å². The second kappa shape index (κ2) is 9.01. The predicted octanol–water partition coefficient (Wildman–Crippen LogP) is 3.66. The second-order valence-electron chi connectivity index (χ2n) is 6.98. The molecular formula is C20H26N2O4S. The molecule has 2 aromatic carbocycles. The summed E-state index contributed by atoms with van der Waals surface area (Å²) in [5.74, 6) is 0.865. The summed E-state index contributed by atoms with van der Waals surface area (Å²) < 4.78 is 32.3. The van der Waals surface area contributed by atoms with Crippen LogP contribution in [0.15, 0.2) is 53.4 Å². The van der Waals surface area contributed by atoms with Gasteiger partial charge in [-0.05, 0) is 68.3 Å². The fraction of sp³-hybridized carbons (Fsp3) is 0.350. The highest BCUT2D eigenvalue weighted by molar-refractivity contribution is 7.89. The van der Waals surface area contributed by atoms with E-state index < -0.39 is 10.0 Å². The summed E-state index contributed by atoms with van der Waals surface area (Å²) in [5, 5.41) is 2.75. The third kappa shape index (κ3) is 6.37. The molecule has 0 heterocycles. The largest absolute Gasteiger partial charge is 0.493 e. The van der Waals surface area contributed by atoms with Gasteiger partial charge in [-0.1, -0.05) is 13.8 Å². The molecular weight excluding hydrogens is 364 g/mol. The zero-order valence-corrected chi connectivity index (χ0v) is 16.8. The molecule has 0 spiro atoms. The summed E-state index contributed by atoms with van der Waals surface area (Å²) in [4.78, 5) is 12.5. The van der Waals surface area contributed by atoms with Gasteiger partial charge in [-0.2, -0.15) is 0 Å². The number of nitrogens with one attached hydrogen (secondary N) is 2. The minimum atomic E-state index is -3.55. The number of sulfonamides is 1. The van der Waals surface area contributed by atoms with Crippen LogP contribution in [-0.4, -0.2) is 27.0 Å². The normalized spacial score (nSPS) is 11.6. The van der Waals surface area contributed by atoms with Gasteiger partial charge < -0.3 is 10.1 Å². The molecule has 2 N–H and O–H groups in total. The molecule has 0 unspecified atom stereocenters. The van der Waals surface area contributed by atoms with Gasteiger partial charge in [0.2, 0.25) is 10.0 Å². The summed E-state index contributed by atoms with van der Waals surface area (Å²) in [5.41, 5.74) is 1.01. The van der Waals surface area contributed by atoms with Crippen LogP contribution in [0.4, 0.5) is 5.69 Å². The quantitative estimate of drug-likeness (QED) is 0.720. The highest BCUT2D eigenvalue weighted by Gasteiger charge is 2.15. The Morgan fingerprint density at radius 2 is 1.56 bits per heavy atom. The third-order valence-electron chi connectivity index (χ3n) is 3.51. The van der Waals surface area contributed by atoms with Crippen molar-refractivity contribution in [2.24, 2.45) is 5.92 Å². The lowest BCUT2D eigenvalue weighted by molar-refractivity contribution is 0.102. The molecule has 0 aromatic heterocycles. The molecule has 0 saturated carbocycles. The number of anilines is 1. The van der Waals surface area contributed by atoms with Crippen LogP contribution in [0.1, 0.15) is 38.1 Å². The summed E-state index contributed by atoms with van der Waals surface area (Å²) in [6, 6.07) is 12.7. The molecule has 0 atom stereocenters. The fourth-order valence-corrected chi connectivity index (χ4v) is 3.52. The molecule has 0 radical (unpaired) electrons. The first kappa shape index (κ1) is 20.9. The third-order valence-corrected chi connectivity index (χ3v) is 5.19. The summed E-state index contributed by atoms with van der Waals surface area (Å²) in [6.07, 6.45) is 0. The van der Waals surface area contributed by atoms with Crippen molar-refractivity contribution in [2.45, 2.75) is 38.6 Å². The van der Waals surface area contributed by atoms with E-state index in [9.17, 15) is 13.2 Å². The van der Waals surface area contributed by atoms with Crippen LogP contribution < -0.4 is 14.8 Å². The van der Waals surface area contributed by atoms with Crippen molar-refractivity contribution in [3.05, 3.63) is 54.1 Å². The molecule has 27 heavy (non-hydrogen) atoms. The molecule has 0 aliphatic carbocycles. The maximum atomic E-state index is 12.3. The van der Waals surface area contributed by atoms with Gasteiger partial charge in [-0.3, -0.25) is 4.79 Å². The van der Waals surface area contributed by atoms with E-state index in [1.165, 1.54) is 12.1 Å². The van der Waals surface area contributed by atoms with E-state index in [1.54, 1.807) is 50.2 Å². The Balaban J connectivity index is 2.01. The second-order valence-corrected chi connectivity index (χ2v) is 8.70. The summed E-state index contributed by atoms with van der Waals surface area (Å²) in [6.45, 7) is 8.26. The van der Waals surface area contributed by atoms with Crippen LogP contribution >= 0.6 is 0 Å². The number of hydrogen-bond acceptors (Lipinski definition) is 4. The molecule has 2 aromatic rings. The van der Waals surface area contributed by atoms with Gasteiger partial charge in [-0.15, -0.1) is 0 Å². The molecule has 146 valence electrons. The number of carbonyl (C=O) groups excluding carboxylic acids is 1. The lowest BCUT2D eigenvalue weighted by Gasteiger charge is -2.11. The van der Waals surface area contributed by atoms with E-state index in [4.69, 9.17) is 4.74 Å². The smallest absolute Gasteiger partial charge is 0.255 e. The van der Waals surface area contributed by atoms with E-state index in [1.807, 2.05) is 0 Å². The molecule has 0 aliphatic heterocycles. The summed E-state index contributed by atoms with van der Waals surface area (Å²) >= 11 is 0. The fourth-order valence-electron chi connectivity index (χ4n) is 2.26. The lowest BCUT2D eigenvalue weighted by atomic mass is 10.2. The van der Waals surface area contributed by atoms with Gasteiger partial charge in [0.25, 0.3) is 5.91 Å². The van der Waals surface area contributed by atoms with Crippen molar-refractivity contribution in [1.82, 2.24) is 4.72 Å². The minimum Gasteiger partial charge on any atom is -0.493 e. The SMILES string of the molecule is CC(C)COc1ccc(C(=O)Nc2ccc(S(=O)(=O)NC(C)C)cc2)cc1. The van der Waals surface area contributed by atoms with Crippen LogP contribution in [-0.2, 0) is 10.0 Å². The highest BCUT2D eigenvalue weighted by atomic mass is 32.2. The zero-order valence-electron chi connectivity index (χ0n) is 16.0. The number of ether oxygens (including phenoxy) is 1. The van der Waals surface area contributed by atoms with Gasteiger partial charge in [0, 0.05) is 17.3 Å². The van der Waals surface area contributed by atoms with Crippen LogP contribution in [0.25, 0.3) is 0 Å². The Bertz CT molecular complexity index is 858. The van der Waals surface area contributed by atoms with Crippen molar-refractivity contribution in [1.29, 1.82) is 0 Å². The van der Waals surface area contributed by atoms with E-state index >= 15 is 0 Å². The van der Waals surface area contributed by atoms with Crippen molar-refractivity contribution in [3.63, 3.8) is 0 Å². The van der Waals surface area contributed by atoms with Crippen LogP contribution in [0.3, 0.4) is 0 Å². The lowest BCUT2D eigenvalue weighted by Crippen LogP contribution is -2.30. The van der Waals surface area contributed by atoms with Gasteiger partial charge in [0.15, 0.2) is 0 Å². The maximum absolute atomic E-state index is 12.3. The Kier molecular flexibility index (Phi) is 6.98. The molecule has 0 saturated heterocycles. The Morgan fingerprint density at radius 1 is 0.963 bits per heavy atom. The van der Waals surface area contributed by atoms with Crippen molar-refractivity contribution < 1.29 is 17.9 Å². The van der Waals surface area contributed by atoms with E-state index in [0.717, 1.165) is 0 Å². The highest BCUT2D eigenvalue weighted by Crippen LogP contribution is 2.17. The molecule has 0 aliphatic rings. The first-order valence-corrected chi connectivity index (χ1v) is 10.3. The minimum absolute atomic E-state index is 0.154.